The zero-order valence-electron chi connectivity index (χ0n) is 16.6. The molecule has 0 fully saturated rings. The third kappa shape index (κ3) is 5.15. The molecule has 0 bridgehead atoms. The van der Waals surface area contributed by atoms with Crippen molar-refractivity contribution in [3.8, 4) is 0 Å². The zero-order valence-corrected chi connectivity index (χ0v) is 17.3. The second-order valence-corrected chi connectivity index (χ2v) is 7.24. The van der Waals surface area contributed by atoms with Crippen LogP contribution in [0.25, 0.3) is 0 Å². The lowest BCUT2D eigenvalue weighted by Gasteiger charge is -2.20. The Bertz CT molecular complexity index is 1050. The largest absolute Gasteiger partial charge is 0.323 e. The van der Waals surface area contributed by atoms with E-state index in [9.17, 15) is 14.0 Å². The monoisotopic (exact) mass is 425 g/mol. The van der Waals surface area contributed by atoms with Gasteiger partial charge >= 0.3 is 6.03 Å². The molecule has 3 rings (SSSR count). The molecule has 0 spiro atoms. The van der Waals surface area contributed by atoms with Gasteiger partial charge in [-0.25, -0.2) is 9.18 Å². The molecule has 0 aromatic heterocycles. The van der Waals surface area contributed by atoms with Crippen molar-refractivity contribution in [2.75, 3.05) is 17.7 Å². The Morgan fingerprint density at radius 2 is 1.73 bits per heavy atom. The van der Waals surface area contributed by atoms with Gasteiger partial charge in [-0.3, -0.25) is 4.79 Å². The molecule has 0 atom stereocenters. The summed E-state index contributed by atoms with van der Waals surface area (Å²) >= 11 is 6.04. The molecule has 0 unspecified atom stereocenters. The number of aryl methyl sites for hydroxylation is 1. The number of urea groups is 1. The normalized spacial score (nSPS) is 10.4. The number of hydrogen-bond acceptors (Lipinski definition) is 2. The van der Waals surface area contributed by atoms with Crippen LogP contribution in [-0.2, 0) is 6.54 Å². The average molecular weight is 426 g/mol. The van der Waals surface area contributed by atoms with Gasteiger partial charge in [-0.1, -0.05) is 41.9 Å². The van der Waals surface area contributed by atoms with Gasteiger partial charge in [0.2, 0.25) is 0 Å². The van der Waals surface area contributed by atoms with Gasteiger partial charge in [0.25, 0.3) is 5.91 Å². The van der Waals surface area contributed by atoms with E-state index in [1.165, 1.54) is 17.0 Å². The molecule has 0 aliphatic rings. The minimum atomic E-state index is -0.474. The molecule has 3 aromatic rings. The predicted octanol–water partition coefficient (Wildman–Crippen LogP) is 5.70. The number of para-hydroxylation sites is 1. The van der Waals surface area contributed by atoms with E-state index >= 15 is 0 Å². The van der Waals surface area contributed by atoms with Crippen molar-refractivity contribution in [1.29, 1.82) is 0 Å². The first-order valence-corrected chi connectivity index (χ1v) is 9.65. The number of nitrogens with one attached hydrogen (secondary N) is 2. The van der Waals surface area contributed by atoms with E-state index in [1.54, 1.807) is 43.4 Å². The van der Waals surface area contributed by atoms with Crippen LogP contribution in [-0.4, -0.2) is 23.9 Å². The van der Waals surface area contributed by atoms with E-state index in [4.69, 9.17) is 11.6 Å². The van der Waals surface area contributed by atoms with Crippen molar-refractivity contribution < 1.29 is 14.0 Å². The van der Waals surface area contributed by atoms with Crippen LogP contribution in [0, 0.1) is 12.7 Å². The van der Waals surface area contributed by atoms with Crippen molar-refractivity contribution in [3.05, 3.63) is 94.3 Å². The van der Waals surface area contributed by atoms with E-state index in [2.05, 4.69) is 10.6 Å². The molecule has 0 heterocycles. The fourth-order valence-corrected chi connectivity index (χ4v) is 3.05. The third-order valence-corrected chi connectivity index (χ3v) is 4.93. The molecule has 0 aliphatic heterocycles. The Balaban J connectivity index is 1.72. The zero-order chi connectivity index (χ0) is 21.7. The van der Waals surface area contributed by atoms with Crippen LogP contribution in [0.4, 0.5) is 20.6 Å². The van der Waals surface area contributed by atoms with Crippen molar-refractivity contribution in [1.82, 2.24) is 4.90 Å². The highest BCUT2D eigenvalue weighted by Gasteiger charge is 2.16. The lowest BCUT2D eigenvalue weighted by molar-refractivity contribution is 0.102. The Labute approximate surface area is 179 Å². The van der Waals surface area contributed by atoms with Crippen LogP contribution in [0.15, 0.2) is 66.7 Å². The van der Waals surface area contributed by atoms with Gasteiger partial charge in [-0.05, 0) is 48.9 Å². The number of rotatable bonds is 5. The molecule has 30 heavy (non-hydrogen) atoms. The van der Waals surface area contributed by atoms with Crippen LogP contribution in [0.1, 0.15) is 21.5 Å². The minimum absolute atomic E-state index is 0.00454. The molecule has 0 radical (unpaired) electrons. The highest BCUT2D eigenvalue weighted by molar-refractivity contribution is 6.31. The van der Waals surface area contributed by atoms with Gasteiger partial charge < -0.3 is 15.5 Å². The van der Waals surface area contributed by atoms with Crippen molar-refractivity contribution in [2.24, 2.45) is 0 Å². The molecule has 3 aromatic carbocycles. The topological polar surface area (TPSA) is 61.4 Å². The first kappa shape index (κ1) is 21.3. The molecular weight excluding hydrogens is 405 g/mol. The standard InChI is InChI=1S/C23H21ClFN3O2/c1-15-11-12-16(22(29)26-17-7-4-3-5-8-17)13-21(15)27-23(30)28(2)14-18-19(24)9-6-10-20(18)25/h3-13H,14H2,1-2H3,(H,26,29)(H,27,30). The lowest BCUT2D eigenvalue weighted by Crippen LogP contribution is -2.31. The van der Waals surface area contributed by atoms with Gasteiger partial charge in [-0.2, -0.15) is 0 Å². The fraction of sp³-hybridized carbons (Fsp3) is 0.130. The third-order valence-electron chi connectivity index (χ3n) is 4.58. The SMILES string of the molecule is Cc1ccc(C(=O)Nc2ccccc2)cc1NC(=O)N(C)Cc1c(F)cccc1Cl. The van der Waals surface area contributed by atoms with Crippen LogP contribution in [0.5, 0.6) is 0 Å². The van der Waals surface area contributed by atoms with Gasteiger partial charge in [0.1, 0.15) is 5.82 Å². The summed E-state index contributed by atoms with van der Waals surface area (Å²) in [5, 5.41) is 5.83. The van der Waals surface area contributed by atoms with Gasteiger partial charge in [-0.15, -0.1) is 0 Å². The van der Waals surface area contributed by atoms with Crippen LogP contribution < -0.4 is 10.6 Å². The molecule has 0 aliphatic carbocycles. The van der Waals surface area contributed by atoms with Gasteiger partial charge in [0.15, 0.2) is 0 Å². The summed E-state index contributed by atoms with van der Waals surface area (Å²) in [5.74, 6) is -0.763. The summed E-state index contributed by atoms with van der Waals surface area (Å²) in [6, 6.07) is 18.1. The number of halogens is 2. The molecule has 0 saturated carbocycles. The van der Waals surface area contributed by atoms with E-state index in [1.807, 2.05) is 25.1 Å². The molecular formula is C23H21ClFN3O2. The van der Waals surface area contributed by atoms with E-state index < -0.39 is 11.8 Å². The smallest absolute Gasteiger partial charge is 0.321 e. The van der Waals surface area contributed by atoms with Crippen LogP contribution >= 0.6 is 11.6 Å². The molecule has 2 N–H and O–H groups in total. The Hall–Kier alpha value is -3.38. The number of amides is 3. The summed E-state index contributed by atoms with van der Waals surface area (Å²) in [4.78, 5) is 26.5. The summed E-state index contributed by atoms with van der Waals surface area (Å²) in [6.45, 7) is 1.83. The minimum Gasteiger partial charge on any atom is -0.323 e. The quantitative estimate of drug-likeness (QED) is 0.550. The van der Waals surface area contributed by atoms with Crippen molar-refractivity contribution in [3.63, 3.8) is 0 Å². The van der Waals surface area contributed by atoms with Gasteiger partial charge in [0.05, 0.1) is 6.54 Å². The summed E-state index contributed by atoms with van der Waals surface area (Å²) in [5.41, 5.74) is 2.60. The van der Waals surface area contributed by atoms with E-state index in [-0.39, 0.29) is 23.0 Å². The molecule has 3 amide bonds. The van der Waals surface area contributed by atoms with Crippen molar-refractivity contribution >= 4 is 34.9 Å². The van der Waals surface area contributed by atoms with Gasteiger partial charge in [0, 0.05) is 34.6 Å². The maximum Gasteiger partial charge on any atom is 0.321 e. The summed E-state index contributed by atoms with van der Waals surface area (Å²) in [7, 11) is 1.54. The molecule has 7 heteroatoms. The first-order chi connectivity index (χ1) is 14.3. The maximum atomic E-state index is 14.0. The van der Waals surface area contributed by atoms with E-state index in [0.29, 0.717) is 16.9 Å². The predicted molar refractivity (Wildman–Crippen MR) is 117 cm³/mol. The number of benzene rings is 3. The Morgan fingerprint density at radius 3 is 2.43 bits per heavy atom. The summed E-state index contributed by atoms with van der Waals surface area (Å²) < 4.78 is 14.0. The second-order valence-electron chi connectivity index (χ2n) is 6.84. The first-order valence-electron chi connectivity index (χ1n) is 9.27. The number of nitrogens with zero attached hydrogens (tertiary/aromatic N) is 1. The molecule has 154 valence electrons. The van der Waals surface area contributed by atoms with Crippen LogP contribution in [0.3, 0.4) is 0 Å². The number of hydrogen-bond donors (Lipinski definition) is 2. The highest BCUT2D eigenvalue weighted by atomic mass is 35.5. The molecule has 0 saturated heterocycles. The number of carbonyl (C=O) groups is 2. The Kier molecular flexibility index (Phi) is 6.69. The number of carbonyl (C=O) groups excluding carboxylic acids is 2. The van der Waals surface area contributed by atoms with E-state index in [0.717, 1.165) is 5.56 Å². The average Bonchev–Trinajstić information content (AvgIpc) is 2.73. The van der Waals surface area contributed by atoms with Crippen LogP contribution in [0.2, 0.25) is 5.02 Å². The lowest BCUT2D eigenvalue weighted by atomic mass is 10.1. The second kappa shape index (κ2) is 9.41. The summed E-state index contributed by atoms with van der Waals surface area (Å²) in [6.07, 6.45) is 0. The molecule has 5 nitrogen and oxygen atoms in total. The van der Waals surface area contributed by atoms with Crippen molar-refractivity contribution in [2.45, 2.75) is 13.5 Å². The highest BCUT2D eigenvalue weighted by Crippen LogP contribution is 2.22. The Morgan fingerprint density at radius 1 is 1.00 bits per heavy atom. The maximum absolute atomic E-state index is 14.0. The number of anilines is 2. The fourth-order valence-electron chi connectivity index (χ4n) is 2.83.